The molecule has 1 aromatic carbocycles. The molecule has 2 aromatic rings. The van der Waals surface area contributed by atoms with Crippen molar-refractivity contribution in [3.8, 4) is 17.0 Å². The number of amides is 1. The van der Waals surface area contributed by atoms with Gasteiger partial charge in [-0.2, -0.15) is 0 Å². The van der Waals surface area contributed by atoms with Crippen LogP contribution in [0.4, 0.5) is 10.1 Å². The van der Waals surface area contributed by atoms with E-state index in [9.17, 15) is 9.18 Å². The van der Waals surface area contributed by atoms with Crippen molar-refractivity contribution in [2.45, 2.75) is 0 Å². The molecule has 2 rings (SSSR count). The number of hydroxylamine groups is 1. The van der Waals surface area contributed by atoms with Crippen molar-refractivity contribution in [1.29, 1.82) is 0 Å². The summed E-state index contributed by atoms with van der Waals surface area (Å²) in [5.74, 6) is -1.51. The maximum Gasteiger partial charge on any atom is 0.295 e. The summed E-state index contributed by atoms with van der Waals surface area (Å²) in [5, 5.41) is 3.03. The first kappa shape index (κ1) is 21.2. The fourth-order valence-corrected chi connectivity index (χ4v) is 2.71. The van der Waals surface area contributed by atoms with Gasteiger partial charge in [0.15, 0.2) is 17.3 Å². The molecule has 10 heteroatoms. The molecule has 0 fully saturated rings. The van der Waals surface area contributed by atoms with Gasteiger partial charge in [0.05, 0.1) is 41.8 Å². The number of ether oxygens (including phenoxy) is 2. The maximum atomic E-state index is 14.7. The maximum absolute atomic E-state index is 14.7. The minimum absolute atomic E-state index is 0.0652. The molecule has 27 heavy (non-hydrogen) atoms. The molecule has 146 valence electrons. The second-order valence-corrected chi connectivity index (χ2v) is 5.97. The molecule has 2 N–H and O–H groups in total. The molecule has 0 atom stereocenters. The summed E-state index contributed by atoms with van der Waals surface area (Å²) in [4.78, 5) is 21.5. The zero-order valence-corrected chi connectivity index (χ0v) is 16.4. The van der Waals surface area contributed by atoms with Gasteiger partial charge in [-0.05, 0) is 18.2 Å². The third-order valence-electron chi connectivity index (χ3n) is 3.53. The van der Waals surface area contributed by atoms with Crippen LogP contribution in [0.1, 0.15) is 10.5 Å². The fraction of sp³-hybridized carbons (Fsp3) is 0.294. The number of anilines is 1. The predicted molar refractivity (Wildman–Crippen MR) is 101 cm³/mol. The number of benzene rings is 1. The zero-order chi connectivity index (χ0) is 20.0. The molecule has 0 aliphatic carbocycles. The molecule has 0 radical (unpaired) electrons. The van der Waals surface area contributed by atoms with Crippen molar-refractivity contribution >= 4 is 34.8 Å². The Morgan fingerprint density at radius 1 is 1.26 bits per heavy atom. The summed E-state index contributed by atoms with van der Waals surface area (Å²) in [6.07, 6.45) is 0. The summed E-state index contributed by atoms with van der Waals surface area (Å²) in [5.41, 5.74) is 2.73. The molecule has 0 bridgehead atoms. The van der Waals surface area contributed by atoms with E-state index in [1.807, 2.05) is 0 Å². The van der Waals surface area contributed by atoms with E-state index in [1.165, 1.54) is 32.4 Å². The molecule has 0 aliphatic rings. The zero-order valence-electron chi connectivity index (χ0n) is 14.9. The number of hydrogen-bond donors (Lipinski definition) is 2. The molecule has 1 heterocycles. The van der Waals surface area contributed by atoms with E-state index in [2.05, 4.69) is 15.8 Å². The quantitative estimate of drug-likeness (QED) is 0.504. The Labute approximate surface area is 165 Å². The second-order valence-electron chi connectivity index (χ2n) is 5.18. The lowest BCUT2D eigenvalue weighted by molar-refractivity contribution is 0.00860. The number of methoxy groups -OCH3 is 2. The van der Waals surface area contributed by atoms with E-state index < -0.39 is 11.7 Å². The van der Waals surface area contributed by atoms with Gasteiger partial charge in [-0.25, -0.2) is 14.9 Å². The van der Waals surface area contributed by atoms with Crippen molar-refractivity contribution in [2.24, 2.45) is 0 Å². The SMILES string of the molecule is CNc1cc(-c2ccc(Cl)c(OC)c2F)nc(C(=O)NOCCOC)c1Cl. The van der Waals surface area contributed by atoms with E-state index in [0.717, 1.165) is 0 Å². The second kappa shape index (κ2) is 9.70. The first-order chi connectivity index (χ1) is 12.9. The molecule has 0 saturated carbocycles. The molecule has 7 nitrogen and oxygen atoms in total. The molecule has 1 aromatic heterocycles. The summed E-state index contributed by atoms with van der Waals surface area (Å²) in [7, 11) is 4.42. The first-order valence-electron chi connectivity index (χ1n) is 7.76. The third-order valence-corrected chi connectivity index (χ3v) is 4.21. The Kier molecular flexibility index (Phi) is 7.61. The van der Waals surface area contributed by atoms with E-state index in [0.29, 0.717) is 12.3 Å². The average Bonchev–Trinajstić information content (AvgIpc) is 2.66. The van der Waals surface area contributed by atoms with Gasteiger partial charge in [0.1, 0.15) is 0 Å². The van der Waals surface area contributed by atoms with Crippen molar-refractivity contribution < 1.29 is 23.5 Å². The highest BCUT2D eigenvalue weighted by Gasteiger charge is 2.21. The number of pyridine rings is 1. The molecule has 0 saturated heterocycles. The third kappa shape index (κ3) is 4.78. The first-order valence-corrected chi connectivity index (χ1v) is 8.51. The van der Waals surface area contributed by atoms with Gasteiger partial charge in [0.2, 0.25) is 0 Å². The average molecular weight is 418 g/mol. The topological polar surface area (TPSA) is 81.7 Å². The standard InChI is InChI=1S/C17H18Cl2FN3O4/c1-21-12-8-11(9-4-5-10(18)16(26-3)14(9)20)22-15(13(12)19)17(24)23-27-7-6-25-2/h4-5,8H,6-7H2,1-3H3,(H,21,22)(H,23,24). The van der Waals surface area contributed by atoms with Gasteiger partial charge in [0, 0.05) is 19.7 Å². The monoisotopic (exact) mass is 417 g/mol. The number of carbonyl (C=O) groups is 1. The van der Waals surface area contributed by atoms with E-state index in [4.69, 9.17) is 37.5 Å². The number of hydrogen-bond acceptors (Lipinski definition) is 6. The Balaban J connectivity index is 2.46. The molecule has 1 amide bonds. The van der Waals surface area contributed by atoms with Crippen molar-refractivity contribution in [2.75, 3.05) is 39.8 Å². The number of nitrogens with one attached hydrogen (secondary N) is 2. The van der Waals surface area contributed by atoms with Crippen LogP contribution < -0.4 is 15.5 Å². The molecule has 0 unspecified atom stereocenters. The lowest BCUT2D eigenvalue weighted by Gasteiger charge is -2.14. The van der Waals surface area contributed by atoms with Crippen molar-refractivity contribution in [1.82, 2.24) is 10.5 Å². The van der Waals surface area contributed by atoms with Crippen molar-refractivity contribution in [3.05, 3.63) is 39.8 Å². The molecular weight excluding hydrogens is 400 g/mol. The number of nitrogens with zero attached hydrogens (tertiary/aromatic N) is 1. The van der Waals surface area contributed by atoms with E-state index in [-0.39, 0.29) is 39.4 Å². The Morgan fingerprint density at radius 2 is 2.00 bits per heavy atom. The van der Waals surface area contributed by atoms with Crippen LogP contribution in [0.25, 0.3) is 11.3 Å². The Hall–Kier alpha value is -2.13. The van der Waals surface area contributed by atoms with Crippen LogP contribution in [-0.2, 0) is 9.57 Å². The summed E-state index contributed by atoms with van der Waals surface area (Å²) >= 11 is 12.1. The van der Waals surface area contributed by atoms with Crippen LogP contribution in [0.3, 0.4) is 0 Å². The highest BCUT2D eigenvalue weighted by atomic mass is 35.5. The number of carbonyl (C=O) groups excluding carboxylic acids is 1. The Morgan fingerprint density at radius 3 is 2.63 bits per heavy atom. The van der Waals surface area contributed by atoms with E-state index >= 15 is 0 Å². The van der Waals surface area contributed by atoms with Gasteiger partial charge < -0.3 is 14.8 Å². The minimum Gasteiger partial charge on any atom is -0.492 e. The summed E-state index contributed by atoms with van der Waals surface area (Å²) < 4.78 is 24.5. The largest absolute Gasteiger partial charge is 0.492 e. The smallest absolute Gasteiger partial charge is 0.295 e. The van der Waals surface area contributed by atoms with Crippen LogP contribution in [0, 0.1) is 5.82 Å². The lowest BCUT2D eigenvalue weighted by Crippen LogP contribution is -2.27. The van der Waals surface area contributed by atoms with Gasteiger partial charge >= 0.3 is 0 Å². The van der Waals surface area contributed by atoms with Gasteiger partial charge in [-0.15, -0.1) is 0 Å². The summed E-state index contributed by atoms with van der Waals surface area (Å²) in [6.45, 7) is 0.431. The lowest BCUT2D eigenvalue weighted by atomic mass is 10.1. The highest BCUT2D eigenvalue weighted by Crippen LogP contribution is 2.36. The number of halogens is 3. The van der Waals surface area contributed by atoms with Crippen LogP contribution in [-0.4, -0.2) is 45.4 Å². The molecule has 0 spiro atoms. The number of aromatic nitrogens is 1. The molecular formula is C17H18Cl2FN3O4. The van der Waals surface area contributed by atoms with Gasteiger partial charge in [0.25, 0.3) is 5.91 Å². The molecule has 0 aliphatic heterocycles. The van der Waals surface area contributed by atoms with Crippen molar-refractivity contribution in [3.63, 3.8) is 0 Å². The van der Waals surface area contributed by atoms with Crippen LogP contribution in [0.2, 0.25) is 10.0 Å². The highest BCUT2D eigenvalue weighted by molar-refractivity contribution is 6.36. The van der Waals surface area contributed by atoms with E-state index in [1.54, 1.807) is 7.05 Å². The minimum atomic E-state index is -0.704. The normalized spacial score (nSPS) is 10.6. The van der Waals surface area contributed by atoms with Crippen LogP contribution >= 0.6 is 23.2 Å². The number of rotatable bonds is 8. The fourth-order valence-electron chi connectivity index (χ4n) is 2.21. The summed E-state index contributed by atoms with van der Waals surface area (Å²) in [6, 6.07) is 4.42. The van der Waals surface area contributed by atoms with Gasteiger partial charge in [-0.3, -0.25) is 9.63 Å². The Bertz CT molecular complexity index is 836. The van der Waals surface area contributed by atoms with Crippen LogP contribution in [0.5, 0.6) is 5.75 Å². The van der Waals surface area contributed by atoms with Crippen LogP contribution in [0.15, 0.2) is 18.2 Å². The predicted octanol–water partition coefficient (Wildman–Crippen LogP) is 3.55. The van der Waals surface area contributed by atoms with Gasteiger partial charge in [-0.1, -0.05) is 23.2 Å².